The van der Waals surface area contributed by atoms with Gasteiger partial charge in [-0.3, -0.25) is 0 Å². The first-order valence-electron chi connectivity index (χ1n) is 6.33. The number of rotatable bonds is 4. The van der Waals surface area contributed by atoms with E-state index in [1.807, 2.05) is 0 Å². The molecule has 3 N–H and O–H groups in total. The average molecular weight is 309 g/mol. The molecule has 1 saturated heterocycles. The molecule has 0 bridgehead atoms. The number of halogens is 4. The van der Waals surface area contributed by atoms with E-state index in [-0.39, 0.29) is 12.5 Å². The molecule has 1 heterocycles. The van der Waals surface area contributed by atoms with E-state index < -0.39 is 17.8 Å². The van der Waals surface area contributed by atoms with Crippen molar-refractivity contribution >= 4 is 11.6 Å². The predicted octanol–water partition coefficient (Wildman–Crippen LogP) is 2.03. The summed E-state index contributed by atoms with van der Waals surface area (Å²) in [7, 11) is 0. The maximum absolute atomic E-state index is 12.6. The minimum atomic E-state index is -4.37. The quantitative estimate of drug-likeness (QED) is 0.797. The van der Waals surface area contributed by atoms with E-state index in [1.54, 1.807) is 0 Å². The second-order valence-electron chi connectivity index (χ2n) is 4.92. The van der Waals surface area contributed by atoms with E-state index in [0.29, 0.717) is 30.2 Å². The summed E-state index contributed by atoms with van der Waals surface area (Å²) in [4.78, 5) is 0. The van der Waals surface area contributed by atoms with Crippen LogP contribution in [0.4, 0.5) is 13.2 Å². The van der Waals surface area contributed by atoms with Crippen LogP contribution in [-0.2, 0) is 12.7 Å². The Balaban J connectivity index is 1.95. The molecule has 0 radical (unpaired) electrons. The number of nitrogens with one attached hydrogen (secondary N) is 2. The Morgan fingerprint density at radius 3 is 2.70 bits per heavy atom. The van der Waals surface area contributed by atoms with Crippen LogP contribution >= 0.6 is 11.6 Å². The number of aliphatic hydroxyl groups excluding tert-OH is 1. The second kappa shape index (κ2) is 6.30. The topological polar surface area (TPSA) is 44.3 Å². The van der Waals surface area contributed by atoms with Crippen LogP contribution in [0.5, 0.6) is 0 Å². The van der Waals surface area contributed by atoms with Gasteiger partial charge in [0.2, 0.25) is 0 Å². The molecule has 3 nitrogen and oxygen atoms in total. The highest BCUT2D eigenvalue weighted by atomic mass is 35.5. The normalized spacial score (nSPS) is 23.2. The molecule has 0 aromatic heterocycles. The summed E-state index contributed by atoms with van der Waals surface area (Å²) < 4.78 is 37.8. The van der Waals surface area contributed by atoms with Crippen LogP contribution in [0, 0.1) is 5.92 Å². The molecule has 1 aliphatic rings. The molecule has 7 heteroatoms. The highest BCUT2D eigenvalue weighted by molar-refractivity contribution is 6.31. The van der Waals surface area contributed by atoms with Crippen LogP contribution in [0.3, 0.4) is 0 Å². The van der Waals surface area contributed by atoms with Gasteiger partial charge in [-0.05, 0) is 23.8 Å². The van der Waals surface area contributed by atoms with Crippen LogP contribution in [0.2, 0.25) is 5.02 Å². The van der Waals surface area contributed by atoms with E-state index in [0.717, 1.165) is 12.1 Å². The smallest absolute Gasteiger partial charge is 0.391 e. The zero-order valence-electron chi connectivity index (χ0n) is 10.7. The van der Waals surface area contributed by atoms with Crippen molar-refractivity contribution in [1.29, 1.82) is 0 Å². The van der Waals surface area contributed by atoms with Crippen molar-refractivity contribution < 1.29 is 18.3 Å². The predicted molar refractivity (Wildman–Crippen MR) is 70.5 cm³/mol. The maximum atomic E-state index is 12.6. The molecule has 1 aliphatic heterocycles. The van der Waals surface area contributed by atoms with Gasteiger partial charge < -0.3 is 15.7 Å². The lowest BCUT2D eigenvalue weighted by Crippen LogP contribution is -2.30. The fourth-order valence-electron chi connectivity index (χ4n) is 2.21. The number of hydrogen-bond donors (Lipinski definition) is 3. The number of β-amino-alcohol motifs (C(OH)–C–C–N with tert-alkyl or cyclic N) is 1. The first kappa shape index (κ1) is 15.6. The van der Waals surface area contributed by atoms with Crippen molar-refractivity contribution in [3.8, 4) is 0 Å². The van der Waals surface area contributed by atoms with Crippen LogP contribution < -0.4 is 10.6 Å². The molecular weight excluding hydrogens is 293 g/mol. The Labute approximate surface area is 120 Å². The summed E-state index contributed by atoms with van der Waals surface area (Å²) in [6.45, 7) is 2.02. The van der Waals surface area contributed by atoms with E-state index in [1.165, 1.54) is 6.07 Å². The van der Waals surface area contributed by atoms with Crippen LogP contribution in [0.15, 0.2) is 18.2 Å². The van der Waals surface area contributed by atoms with Crippen molar-refractivity contribution in [2.75, 3.05) is 19.6 Å². The maximum Gasteiger partial charge on any atom is 0.416 e. The van der Waals surface area contributed by atoms with Gasteiger partial charge in [0.1, 0.15) is 0 Å². The number of hydrogen-bond acceptors (Lipinski definition) is 3. The summed E-state index contributed by atoms with van der Waals surface area (Å²) in [5, 5.41) is 16.0. The third-order valence-electron chi connectivity index (χ3n) is 3.40. The molecule has 1 aromatic rings. The zero-order chi connectivity index (χ0) is 14.8. The first-order valence-corrected chi connectivity index (χ1v) is 6.71. The summed E-state index contributed by atoms with van der Waals surface area (Å²) in [5.74, 6) is 0.0691. The molecule has 2 unspecified atom stereocenters. The van der Waals surface area contributed by atoms with E-state index >= 15 is 0 Å². The van der Waals surface area contributed by atoms with Gasteiger partial charge in [0, 0.05) is 37.1 Å². The third kappa shape index (κ3) is 3.85. The Bertz CT molecular complexity index is 467. The SMILES string of the molecule is OC1CNCC1CNCc1cc(C(F)(F)F)ccc1Cl. The van der Waals surface area contributed by atoms with E-state index in [9.17, 15) is 18.3 Å². The van der Waals surface area contributed by atoms with Crippen molar-refractivity contribution in [1.82, 2.24) is 10.6 Å². The van der Waals surface area contributed by atoms with Gasteiger partial charge in [-0.15, -0.1) is 0 Å². The van der Waals surface area contributed by atoms with Crippen molar-refractivity contribution in [3.63, 3.8) is 0 Å². The molecule has 20 heavy (non-hydrogen) atoms. The summed E-state index contributed by atoms with van der Waals surface area (Å²) in [6.07, 6.45) is -4.79. The Kier molecular flexibility index (Phi) is 4.90. The summed E-state index contributed by atoms with van der Waals surface area (Å²) in [6, 6.07) is 3.28. The lowest BCUT2D eigenvalue weighted by Gasteiger charge is -2.15. The number of alkyl halides is 3. The number of benzene rings is 1. The van der Waals surface area contributed by atoms with Gasteiger partial charge in [-0.25, -0.2) is 0 Å². The average Bonchev–Trinajstić information content (AvgIpc) is 2.76. The van der Waals surface area contributed by atoms with Crippen LogP contribution in [-0.4, -0.2) is 30.8 Å². The first-order chi connectivity index (χ1) is 9.38. The number of aliphatic hydroxyl groups is 1. The fourth-order valence-corrected chi connectivity index (χ4v) is 2.39. The van der Waals surface area contributed by atoms with Crippen LogP contribution in [0.25, 0.3) is 0 Å². The Morgan fingerprint density at radius 2 is 2.10 bits per heavy atom. The van der Waals surface area contributed by atoms with Gasteiger partial charge in [0.05, 0.1) is 11.7 Å². The highest BCUT2D eigenvalue weighted by Gasteiger charge is 2.31. The third-order valence-corrected chi connectivity index (χ3v) is 3.77. The monoisotopic (exact) mass is 308 g/mol. The largest absolute Gasteiger partial charge is 0.416 e. The zero-order valence-corrected chi connectivity index (χ0v) is 11.4. The summed E-state index contributed by atoms with van der Waals surface area (Å²) >= 11 is 5.90. The Hall–Kier alpha value is -0.820. The van der Waals surface area contributed by atoms with Gasteiger partial charge in [-0.1, -0.05) is 11.6 Å². The van der Waals surface area contributed by atoms with Gasteiger partial charge in [-0.2, -0.15) is 13.2 Å². The second-order valence-corrected chi connectivity index (χ2v) is 5.33. The van der Waals surface area contributed by atoms with Gasteiger partial charge in [0.25, 0.3) is 0 Å². The Morgan fingerprint density at radius 1 is 1.35 bits per heavy atom. The van der Waals surface area contributed by atoms with Gasteiger partial charge >= 0.3 is 6.18 Å². The highest BCUT2D eigenvalue weighted by Crippen LogP contribution is 2.31. The molecule has 0 spiro atoms. The molecule has 2 atom stereocenters. The van der Waals surface area contributed by atoms with Crippen LogP contribution in [0.1, 0.15) is 11.1 Å². The van der Waals surface area contributed by atoms with Crippen molar-refractivity contribution in [2.24, 2.45) is 5.92 Å². The molecule has 1 fully saturated rings. The minimum Gasteiger partial charge on any atom is -0.391 e. The van der Waals surface area contributed by atoms with Crippen molar-refractivity contribution in [3.05, 3.63) is 34.3 Å². The molecule has 0 amide bonds. The lowest BCUT2D eigenvalue weighted by molar-refractivity contribution is -0.137. The van der Waals surface area contributed by atoms with E-state index in [4.69, 9.17) is 11.6 Å². The van der Waals surface area contributed by atoms with Crippen molar-refractivity contribution in [2.45, 2.75) is 18.8 Å². The van der Waals surface area contributed by atoms with Gasteiger partial charge in [0.15, 0.2) is 0 Å². The summed E-state index contributed by atoms with van der Waals surface area (Å²) in [5.41, 5.74) is -0.303. The lowest BCUT2D eigenvalue weighted by atomic mass is 10.1. The molecule has 2 rings (SSSR count). The fraction of sp³-hybridized carbons (Fsp3) is 0.538. The molecular formula is C13H16ClF3N2O. The molecule has 0 aliphatic carbocycles. The standard InChI is InChI=1S/C13H16ClF3N2O/c14-11-2-1-10(13(15,16)17)3-8(11)4-18-5-9-6-19-7-12(9)20/h1-3,9,12,18-20H,4-7H2. The molecule has 0 saturated carbocycles. The molecule has 112 valence electrons. The van der Waals surface area contributed by atoms with E-state index in [2.05, 4.69) is 10.6 Å². The molecule has 1 aromatic carbocycles. The minimum absolute atomic E-state index is 0.0691.